The van der Waals surface area contributed by atoms with E-state index in [1.54, 1.807) is 25.3 Å². The van der Waals surface area contributed by atoms with Crippen molar-refractivity contribution < 1.29 is 19.0 Å². The van der Waals surface area contributed by atoms with Gasteiger partial charge < -0.3 is 19.9 Å². The maximum Gasteiger partial charge on any atom is 0.347 e. The topological polar surface area (TPSA) is 70.8 Å². The molecule has 0 aromatic heterocycles. The summed E-state index contributed by atoms with van der Waals surface area (Å²) in [4.78, 5) is 12.8. The van der Waals surface area contributed by atoms with Crippen molar-refractivity contribution in [2.24, 2.45) is 5.73 Å². The molecule has 0 fully saturated rings. The van der Waals surface area contributed by atoms with E-state index in [0.29, 0.717) is 35.0 Å². The van der Waals surface area contributed by atoms with Crippen molar-refractivity contribution in [2.45, 2.75) is 39.7 Å². The number of carbonyl (C=O) groups is 1. The number of benzene rings is 2. The molecule has 0 unspecified atom stereocenters. The first-order valence-corrected chi connectivity index (χ1v) is 8.86. The minimum Gasteiger partial charge on any atom is -0.496 e. The van der Waals surface area contributed by atoms with Gasteiger partial charge in [-0.2, -0.15) is 0 Å². The predicted molar refractivity (Wildman–Crippen MR) is 102 cm³/mol. The Morgan fingerprint density at radius 3 is 2.50 bits per heavy atom. The van der Waals surface area contributed by atoms with Crippen LogP contribution in [0.15, 0.2) is 36.4 Å². The Morgan fingerprint density at radius 1 is 1.23 bits per heavy atom. The van der Waals surface area contributed by atoms with Gasteiger partial charge in [-0.15, -0.1) is 0 Å². The van der Waals surface area contributed by atoms with Crippen LogP contribution in [0, 0.1) is 6.92 Å². The first-order valence-electron chi connectivity index (χ1n) is 8.86. The molecule has 2 aromatic carbocycles. The average Bonchev–Trinajstić information content (AvgIpc) is 2.62. The Balaban J connectivity index is 2.47. The lowest BCUT2D eigenvalue weighted by Gasteiger charge is -2.20. The fourth-order valence-electron chi connectivity index (χ4n) is 2.74. The highest BCUT2D eigenvalue weighted by Crippen LogP contribution is 2.37. The van der Waals surface area contributed by atoms with Crippen LogP contribution in [0.3, 0.4) is 0 Å². The quantitative estimate of drug-likeness (QED) is 0.430. The van der Waals surface area contributed by atoms with Gasteiger partial charge in [0, 0.05) is 17.2 Å². The van der Waals surface area contributed by atoms with Gasteiger partial charge in [-0.05, 0) is 38.5 Å². The van der Waals surface area contributed by atoms with Crippen LogP contribution in [0.2, 0.25) is 0 Å². The number of carbonyl (C=O) groups excluding carboxylic acids is 1. The smallest absolute Gasteiger partial charge is 0.347 e. The summed E-state index contributed by atoms with van der Waals surface area (Å²) in [5.74, 6) is 1.06. The SMILES string of the molecule is CCCCOc1cc([C@H](C)N)c(OC)c(C)c1C(=O)Oc1ccccc1. The van der Waals surface area contributed by atoms with Gasteiger partial charge in [-0.25, -0.2) is 4.79 Å². The van der Waals surface area contributed by atoms with Gasteiger partial charge >= 0.3 is 5.97 Å². The van der Waals surface area contributed by atoms with Crippen molar-refractivity contribution in [1.29, 1.82) is 0 Å². The Bertz CT molecular complexity index is 741. The van der Waals surface area contributed by atoms with E-state index in [-0.39, 0.29) is 6.04 Å². The minimum absolute atomic E-state index is 0.253. The van der Waals surface area contributed by atoms with Gasteiger partial charge in [0.05, 0.1) is 13.7 Å². The molecule has 0 aliphatic carbocycles. The Labute approximate surface area is 155 Å². The van der Waals surface area contributed by atoms with Crippen molar-refractivity contribution >= 4 is 5.97 Å². The average molecular weight is 357 g/mol. The van der Waals surface area contributed by atoms with Crippen LogP contribution in [0.5, 0.6) is 17.2 Å². The number of methoxy groups -OCH3 is 1. The number of ether oxygens (including phenoxy) is 3. The molecule has 140 valence electrons. The summed E-state index contributed by atoms with van der Waals surface area (Å²) in [6.07, 6.45) is 1.89. The second-order valence-electron chi connectivity index (χ2n) is 6.19. The highest BCUT2D eigenvalue weighted by Gasteiger charge is 2.25. The lowest BCUT2D eigenvalue weighted by atomic mass is 9.98. The molecule has 0 amide bonds. The minimum atomic E-state index is -0.477. The molecule has 0 bridgehead atoms. The van der Waals surface area contributed by atoms with Crippen LogP contribution in [-0.2, 0) is 0 Å². The summed E-state index contributed by atoms with van der Waals surface area (Å²) < 4.78 is 16.9. The Kier molecular flexibility index (Phi) is 7.04. The molecule has 0 radical (unpaired) electrons. The molecular formula is C21H27NO4. The maximum atomic E-state index is 12.8. The third kappa shape index (κ3) is 4.55. The number of hydrogen-bond acceptors (Lipinski definition) is 5. The molecule has 2 N–H and O–H groups in total. The zero-order valence-electron chi connectivity index (χ0n) is 15.9. The molecule has 0 saturated carbocycles. The molecule has 26 heavy (non-hydrogen) atoms. The third-order valence-corrected chi connectivity index (χ3v) is 4.12. The molecular weight excluding hydrogens is 330 g/mol. The fourth-order valence-corrected chi connectivity index (χ4v) is 2.74. The van der Waals surface area contributed by atoms with Crippen molar-refractivity contribution in [3.8, 4) is 17.2 Å². The largest absolute Gasteiger partial charge is 0.496 e. The monoisotopic (exact) mass is 357 g/mol. The molecule has 0 heterocycles. The first-order chi connectivity index (χ1) is 12.5. The van der Waals surface area contributed by atoms with E-state index in [1.165, 1.54) is 0 Å². The molecule has 5 heteroatoms. The second kappa shape index (κ2) is 9.25. The molecule has 0 aliphatic heterocycles. The standard InChI is InChI=1S/C21H27NO4/c1-5-6-12-25-18-13-17(15(3)22)20(24-4)14(2)19(18)21(23)26-16-10-8-7-9-11-16/h7-11,13,15H,5-6,12,22H2,1-4H3/t15-/m0/s1. The molecule has 0 saturated heterocycles. The number of unbranched alkanes of at least 4 members (excludes halogenated alkanes) is 1. The van der Waals surface area contributed by atoms with Crippen LogP contribution in [-0.4, -0.2) is 19.7 Å². The normalized spacial score (nSPS) is 11.7. The van der Waals surface area contributed by atoms with E-state index in [9.17, 15) is 4.79 Å². The second-order valence-corrected chi connectivity index (χ2v) is 6.19. The van der Waals surface area contributed by atoms with Crippen molar-refractivity contribution in [2.75, 3.05) is 13.7 Å². The van der Waals surface area contributed by atoms with Gasteiger partial charge in [-0.1, -0.05) is 31.5 Å². The predicted octanol–water partition coefficient (Wildman–Crippen LogP) is 4.42. The van der Waals surface area contributed by atoms with Gasteiger partial charge in [0.1, 0.15) is 22.8 Å². The molecule has 2 aromatic rings. The highest BCUT2D eigenvalue weighted by molar-refractivity contribution is 5.96. The van der Waals surface area contributed by atoms with Crippen LogP contribution < -0.4 is 19.9 Å². The maximum absolute atomic E-state index is 12.8. The van der Waals surface area contributed by atoms with E-state index in [2.05, 4.69) is 6.92 Å². The number of hydrogen-bond donors (Lipinski definition) is 1. The molecule has 0 spiro atoms. The zero-order valence-corrected chi connectivity index (χ0v) is 15.9. The van der Waals surface area contributed by atoms with Gasteiger partial charge in [-0.3, -0.25) is 0 Å². The molecule has 5 nitrogen and oxygen atoms in total. The zero-order chi connectivity index (χ0) is 19.1. The van der Waals surface area contributed by atoms with E-state index in [4.69, 9.17) is 19.9 Å². The van der Waals surface area contributed by atoms with E-state index in [1.807, 2.05) is 32.0 Å². The number of nitrogens with two attached hydrogens (primary N) is 1. The summed E-state index contributed by atoms with van der Waals surface area (Å²) in [5.41, 5.74) is 7.91. The van der Waals surface area contributed by atoms with Crippen molar-refractivity contribution in [3.05, 3.63) is 53.1 Å². The van der Waals surface area contributed by atoms with Crippen LogP contribution in [0.25, 0.3) is 0 Å². The molecule has 2 rings (SSSR count). The third-order valence-electron chi connectivity index (χ3n) is 4.12. The summed E-state index contributed by atoms with van der Waals surface area (Å²) in [7, 11) is 1.57. The molecule has 1 atom stereocenters. The number of esters is 1. The fraction of sp³-hybridized carbons (Fsp3) is 0.381. The van der Waals surface area contributed by atoms with Crippen LogP contribution >= 0.6 is 0 Å². The van der Waals surface area contributed by atoms with E-state index in [0.717, 1.165) is 18.4 Å². The number of para-hydroxylation sites is 1. The number of rotatable bonds is 8. The molecule has 0 aliphatic rings. The van der Waals surface area contributed by atoms with Crippen LogP contribution in [0.1, 0.15) is 54.2 Å². The Hall–Kier alpha value is -2.53. The van der Waals surface area contributed by atoms with Gasteiger partial charge in [0.2, 0.25) is 0 Å². The van der Waals surface area contributed by atoms with Gasteiger partial charge in [0.25, 0.3) is 0 Å². The van der Waals surface area contributed by atoms with Gasteiger partial charge in [0.15, 0.2) is 0 Å². The van der Waals surface area contributed by atoms with E-state index >= 15 is 0 Å². The lowest BCUT2D eigenvalue weighted by Crippen LogP contribution is -2.16. The summed E-state index contributed by atoms with van der Waals surface area (Å²) in [6.45, 7) is 6.29. The first kappa shape index (κ1) is 19.8. The van der Waals surface area contributed by atoms with Crippen molar-refractivity contribution in [3.63, 3.8) is 0 Å². The summed E-state index contributed by atoms with van der Waals surface area (Å²) in [5, 5.41) is 0. The van der Waals surface area contributed by atoms with E-state index < -0.39 is 5.97 Å². The summed E-state index contributed by atoms with van der Waals surface area (Å²) >= 11 is 0. The Morgan fingerprint density at radius 2 is 1.92 bits per heavy atom. The highest BCUT2D eigenvalue weighted by atomic mass is 16.5. The summed E-state index contributed by atoms with van der Waals surface area (Å²) in [6, 6.07) is 10.5. The van der Waals surface area contributed by atoms with Crippen LogP contribution in [0.4, 0.5) is 0 Å². The lowest BCUT2D eigenvalue weighted by molar-refractivity contribution is 0.0728. The van der Waals surface area contributed by atoms with Crippen molar-refractivity contribution in [1.82, 2.24) is 0 Å².